The van der Waals surface area contributed by atoms with Gasteiger partial charge in [0.1, 0.15) is 5.78 Å². The zero-order valence-corrected chi connectivity index (χ0v) is 12.6. The molecule has 0 amide bonds. The van der Waals surface area contributed by atoms with Gasteiger partial charge in [0.2, 0.25) is 0 Å². The topological polar surface area (TPSA) is 17.1 Å². The molecule has 0 radical (unpaired) electrons. The summed E-state index contributed by atoms with van der Waals surface area (Å²) < 4.78 is 0. The first-order valence-corrected chi connectivity index (χ1v) is 8.50. The van der Waals surface area contributed by atoms with Crippen LogP contribution in [-0.2, 0) is 4.79 Å². The van der Waals surface area contributed by atoms with Crippen LogP contribution >= 0.6 is 11.8 Å². The van der Waals surface area contributed by atoms with Gasteiger partial charge >= 0.3 is 0 Å². The number of thioether (sulfide) groups is 1. The summed E-state index contributed by atoms with van der Waals surface area (Å²) in [5.74, 6) is 2.58. The van der Waals surface area contributed by atoms with Crippen molar-refractivity contribution in [2.45, 2.75) is 78.1 Å². The predicted molar refractivity (Wildman–Crippen MR) is 79.9 cm³/mol. The number of unbranched alkanes of at least 4 members (excludes halogenated alkanes) is 8. The maximum absolute atomic E-state index is 10.7. The molecular weight excluding hydrogens is 228 g/mol. The van der Waals surface area contributed by atoms with Crippen LogP contribution in [0.15, 0.2) is 0 Å². The highest BCUT2D eigenvalue weighted by molar-refractivity contribution is 7.99. The van der Waals surface area contributed by atoms with Gasteiger partial charge < -0.3 is 0 Å². The maximum Gasteiger partial charge on any atom is 0.130 e. The predicted octanol–water partition coefficient (Wildman–Crippen LogP) is 5.23. The number of hydrogen-bond acceptors (Lipinski definition) is 2. The molecule has 2 heteroatoms. The van der Waals surface area contributed by atoms with Crippen LogP contribution in [0.1, 0.15) is 78.1 Å². The highest BCUT2D eigenvalue weighted by Gasteiger charge is 1.95. The molecular formula is C15H30OS. The molecule has 0 saturated carbocycles. The van der Waals surface area contributed by atoms with Crippen LogP contribution in [0.4, 0.5) is 0 Å². The van der Waals surface area contributed by atoms with Crippen LogP contribution < -0.4 is 0 Å². The Hall–Kier alpha value is 0.0200. The molecule has 0 aliphatic carbocycles. The molecule has 102 valence electrons. The second kappa shape index (κ2) is 14.1. The quantitative estimate of drug-likeness (QED) is 0.421. The molecule has 0 bridgehead atoms. The van der Waals surface area contributed by atoms with E-state index >= 15 is 0 Å². The van der Waals surface area contributed by atoms with Crippen LogP contribution in [0.25, 0.3) is 0 Å². The van der Waals surface area contributed by atoms with Crippen LogP contribution in [0, 0.1) is 0 Å². The summed E-state index contributed by atoms with van der Waals surface area (Å²) >= 11 is 1.94. The Morgan fingerprint density at radius 3 is 1.88 bits per heavy atom. The van der Waals surface area contributed by atoms with Gasteiger partial charge in [-0.25, -0.2) is 0 Å². The van der Waals surface area contributed by atoms with E-state index in [2.05, 4.69) is 6.92 Å². The third-order valence-electron chi connectivity index (χ3n) is 2.99. The van der Waals surface area contributed by atoms with E-state index in [1.54, 1.807) is 6.92 Å². The zero-order valence-electron chi connectivity index (χ0n) is 11.8. The van der Waals surface area contributed by atoms with E-state index in [0.29, 0.717) is 5.78 Å². The van der Waals surface area contributed by atoms with E-state index in [1.807, 2.05) is 11.8 Å². The molecule has 0 aliphatic rings. The molecule has 0 spiro atoms. The number of carbonyl (C=O) groups is 1. The normalized spacial score (nSPS) is 10.7. The molecule has 0 heterocycles. The SMILES string of the molecule is CCCCCCCCCCCSCCC(C)=O. The second-order valence-electron chi connectivity index (χ2n) is 4.89. The van der Waals surface area contributed by atoms with Crippen molar-refractivity contribution in [3.63, 3.8) is 0 Å². The molecule has 0 aromatic heterocycles. The van der Waals surface area contributed by atoms with Crippen LogP contribution in [0.3, 0.4) is 0 Å². The summed E-state index contributed by atoms with van der Waals surface area (Å²) in [7, 11) is 0. The lowest BCUT2D eigenvalue weighted by Gasteiger charge is -2.02. The monoisotopic (exact) mass is 258 g/mol. The minimum Gasteiger partial charge on any atom is -0.300 e. The van der Waals surface area contributed by atoms with Crippen molar-refractivity contribution in [1.82, 2.24) is 0 Å². The largest absolute Gasteiger partial charge is 0.300 e. The van der Waals surface area contributed by atoms with Gasteiger partial charge in [0, 0.05) is 12.2 Å². The van der Waals surface area contributed by atoms with Crippen molar-refractivity contribution in [3.05, 3.63) is 0 Å². The van der Waals surface area contributed by atoms with Gasteiger partial charge in [-0.05, 0) is 19.1 Å². The highest BCUT2D eigenvalue weighted by atomic mass is 32.2. The van der Waals surface area contributed by atoms with E-state index in [1.165, 1.54) is 63.5 Å². The summed E-state index contributed by atoms with van der Waals surface area (Å²) in [4.78, 5) is 10.7. The standard InChI is InChI=1S/C15H30OS/c1-3-4-5-6-7-8-9-10-11-13-17-14-12-15(2)16/h3-14H2,1-2H3. The Balaban J connectivity index is 2.91. The molecule has 0 atom stereocenters. The number of carbonyl (C=O) groups excluding carboxylic acids is 1. The lowest BCUT2D eigenvalue weighted by Crippen LogP contribution is -1.92. The van der Waals surface area contributed by atoms with Gasteiger partial charge in [0.05, 0.1) is 0 Å². The van der Waals surface area contributed by atoms with Gasteiger partial charge in [0.15, 0.2) is 0 Å². The van der Waals surface area contributed by atoms with Crippen molar-refractivity contribution in [2.75, 3.05) is 11.5 Å². The fourth-order valence-corrected chi connectivity index (χ4v) is 2.88. The molecule has 0 fully saturated rings. The highest BCUT2D eigenvalue weighted by Crippen LogP contribution is 2.12. The second-order valence-corrected chi connectivity index (χ2v) is 6.12. The molecule has 0 aromatic rings. The van der Waals surface area contributed by atoms with Crippen LogP contribution in [-0.4, -0.2) is 17.3 Å². The first kappa shape index (κ1) is 17.0. The molecule has 0 unspecified atom stereocenters. The Labute approximate surface area is 112 Å². The van der Waals surface area contributed by atoms with E-state index in [0.717, 1.165) is 12.2 Å². The summed E-state index contributed by atoms with van der Waals surface area (Å²) in [6, 6.07) is 0. The molecule has 0 aromatic carbocycles. The molecule has 0 N–H and O–H groups in total. The number of Topliss-reactive ketones (excluding diaryl/α,β-unsaturated/α-hetero) is 1. The lowest BCUT2D eigenvalue weighted by atomic mass is 10.1. The smallest absolute Gasteiger partial charge is 0.130 e. The van der Waals surface area contributed by atoms with Crippen LogP contribution in [0.5, 0.6) is 0 Å². The van der Waals surface area contributed by atoms with Gasteiger partial charge in [-0.1, -0.05) is 58.3 Å². The van der Waals surface area contributed by atoms with E-state index < -0.39 is 0 Å². The summed E-state index contributed by atoms with van der Waals surface area (Å²) in [6.07, 6.45) is 13.3. The van der Waals surface area contributed by atoms with Crippen molar-refractivity contribution >= 4 is 17.5 Å². The van der Waals surface area contributed by atoms with Crippen molar-refractivity contribution < 1.29 is 4.79 Å². The number of ketones is 1. The number of hydrogen-bond donors (Lipinski definition) is 0. The average Bonchev–Trinajstić information content (AvgIpc) is 2.30. The Kier molecular flexibility index (Phi) is 14.1. The number of rotatable bonds is 13. The van der Waals surface area contributed by atoms with Crippen LogP contribution in [0.2, 0.25) is 0 Å². The van der Waals surface area contributed by atoms with E-state index in [9.17, 15) is 4.79 Å². The van der Waals surface area contributed by atoms with E-state index in [4.69, 9.17) is 0 Å². The minimum absolute atomic E-state index is 0.324. The van der Waals surface area contributed by atoms with Gasteiger partial charge in [-0.2, -0.15) is 11.8 Å². The molecule has 1 nitrogen and oxygen atoms in total. The Morgan fingerprint density at radius 2 is 1.35 bits per heavy atom. The third-order valence-corrected chi connectivity index (χ3v) is 4.06. The summed E-state index contributed by atoms with van der Waals surface area (Å²) in [6.45, 7) is 3.95. The third kappa shape index (κ3) is 16.0. The fraction of sp³-hybridized carbons (Fsp3) is 0.933. The molecule has 0 rings (SSSR count). The molecule has 17 heavy (non-hydrogen) atoms. The first-order valence-electron chi connectivity index (χ1n) is 7.34. The Morgan fingerprint density at radius 1 is 0.824 bits per heavy atom. The average molecular weight is 258 g/mol. The molecule has 0 saturated heterocycles. The minimum atomic E-state index is 0.324. The van der Waals surface area contributed by atoms with Crippen molar-refractivity contribution in [3.8, 4) is 0 Å². The fourth-order valence-electron chi connectivity index (χ4n) is 1.83. The maximum atomic E-state index is 10.7. The Bertz CT molecular complexity index is 168. The van der Waals surface area contributed by atoms with Gasteiger partial charge in [-0.15, -0.1) is 0 Å². The molecule has 0 aliphatic heterocycles. The van der Waals surface area contributed by atoms with Crippen molar-refractivity contribution in [2.24, 2.45) is 0 Å². The van der Waals surface area contributed by atoms with Gasteiger partial charge in [0.25, 0.3) is 0 Å². The summed E-state index contributed by atoms with van der Waals surface area (Å²) in [5.41, 5.74) is 0. The van der Waals surface area contributed by atoms with E-state index in [-0.39, 0.29) is 0 Å². The van der Waals surface area contributed by atoms with Gasteiger partial charge in [-0.3, -0.25) is 4.79 Å². The zero-order chi connectivity index (χ0) is 12.8. The lowest BCUT2D eigenvalue weighted by molar-refractivity contribution is -0.116. The summed E-state index contributed by atoms with van der Waals surface area (Å²) in [5, 5.41) is 0. The first-order chi connectivity index (χ1) is 8.27. The van der Waals surface area contributed by atoms with Crippen molar-refractivity contribution in [1.29, 1.82) is 0 Å².